The number of aryl methyl sites for hydroxylation is 2. The lowest BCUT2D eigenvalue weighted by Gasteiger charge is -2.21. The van der Waals surface area contributed by atoms with Crippen LogP contribution in [0.5, 0.6) is 0 Å². The van der Waals surface area contributed by atoms with Gasteiger partial charge in [0.15, 0.2) is 0 Å². The first kappa shape index (κ1) is 18.3. The van der Waals surface area contributed by atoms with Gasteiger partial charge in [-0.3, -0.25) is 9.89 Å². The van der Waals surface area contributed by atoms with Crippen LogP contribution >= 0.6 is 0 Å². The number of fused-ring (bicyclic) bond motifs is 1. The van der Waals surface area contributed by atoms with Crippen LogP contribution < -0.4 is 5.32 Å². The Labute approximate surface area is 160 Å². The summed E-state index contributed by atoms with van der Waals surface area (Å²) in [4.78, 5) is 28.4. The van der Waals surface area contributed by atoms with Crippen molar-refractivity contribution in [2.24, 2.45) is 11.8 Å². The Morgan fingerprint density at radius 2 is 2.00 bits per heavy atom. The van der Waals surface area contributed by atoms with Crippen molar-refractivity contribution in [3.05, 3.63) is 17.0 Å². The highest BCUT2D eigenvalue weighted by molar-refractivity contribution is 5.77. The van der Waals surface area contributed by atoms with Gasteiger partial charge in [0.1, 0.15) is 0 Å². The molecule has 2 atom stereocenters. The second-order valence-electron chi connectivity index (χ2n) is 8.59. The molecule has 0 radical (unpaired) electrons. The van der Waals surface area contributed by atoms with Crippen LogP contribution in [0, 0.1) is 11.8 Å². The number of urea groups is 1. The number of hydrogen-bond acceptors (Lipinski definition) is 3. The van der Waals surface area contributed by atoms with Crippen LogP contribution in [-0.4, -0.2) is 65.2 Å². The molecule has 7 nitrogen and oxygen atoms in total. The number of carbonyl (C=O) groups is 2. The number of aromatic nitrogens is 2. The van der Waals surface area contributed by atoms with Gasteiger partial charge < -0.3 is 15.1 Å². The maximum atomic E-state index is 12.6. The Hall–Kier alpha value is -2.05. The Morgan fingerprint density at radius 3 is 2.74 bits per heavy atom. The normalized spacial score (nSPS) is 24.6. The molecular formula is C20H31N5O2. The lowest BCUT2D eigenvalue weighted by atomic mass is 9.94. The Morgan fingerprint density at radius 1 is 1.22 bits per heavy atom. The monoisotopic (exact) mass is 373 g/mol. The molecule has 2 N–H and O–H groups in total. The van der Waals surface area contributed by atoms with Gasteiger partial charge in [0.05, 0.1) is 11.7 Å². The fraction of sp³-hybridized carbons (Fsp3) is 0.750. The van der Waals surface area contributed by atoms with Crippen LogP contribution in [0.15, 0.2) is 0 Å². The van der Waals surface area contributed by atoms with E-state index in [2.05, 4.69) is 15.5 Å². The summed E-state index contributed by atoms with van der Waals surface area (Å²) in [5.74, 6) is 1.14. The molecule has 2 fully saturated rings. The van der Waals surface area contributed by atoms with Crippen LogP contribution in [0.1, 0.15) is 49.1 Å². The summed E-state index contributed by atoms with van der Waals surface area (Å²) in [7, 11) is 3.57. The van der Waals surface area contributed by atoms with E-state index in [9.17, 15) is 9.59 Å². The topological polar surface area (TPSA) is 81.3 Å². The number of hydrogen-bond donors (Lipinski definition) is 2. The highest BCUT2D eigenvalue weighted by Gasteiger charge is 2.44. The summed E-state index contributed by atoms with van der Waals surface area (Å²) in [6.07, 6.45) is 8.20. The predicted molar refractivity (Wildman–Crippen MR) is 102 cm³/mol. The van der Waals surface area contributed by atoms with Gasteiger partial charge in [0.2, 0.25) is 5.91 Å². The minimum Gasteiger partial charge on any atom is -0.351 e. The van der Waals surface area contributed by atoms with E-state index in [1.807, 2.05) is 4.90 Å². The van der Waals surface area contributed by atoms with Crippen molar-refractivity contribution in [1.82, 2.24) is 25.3 Å². The third-order valence-corrected chi connectivity index (χ3v) is 6.32. The van der Waals surface area contributed by atoms with Gasteiger partial charge in [-0.25, -0.2) is 4.79 Å². The summed E-state index contributed by atoms with van der Waals surface area (Å²) in [6, 6.07) is 0.127. The maximum Gasteiger partial charge on any atom is 0.319 e. The summed E-state index contributed by atoms with van der Waals surface area (Å²) in [6.45, 7) is 1.39. The number of nitrogens with one attached hydrogen (secondary N) is 2. The summed E-state index contributed by atoms with van der Waals surface area (Å²) in [5.41, 5.74) is 3.67. The average Bonchev–Trinajstić information content (AvgIpc) is 3.29. The number of carbonyl (C=O) groups excluding carboxylic acids is 2. The molecule has 148 valence electrons. The highest BCUT2D eigenvalue weighted by Crippen LogP contribution is 2.41. The second-order valence-corrected chi connectivity index (χ2v) is 8.59. The van der Waals surface area contributed by atoms with E-state index in [1.165, 1.54) is 36.9 Å². The highest BCUT2D eigenvalue weighted by atomic mass is 16.2. The van der Waals surface area contributed by atoms with Crippen LogP contribution in [0.4, 0.5) is 4.79 Å². The Bertz CT molecular complexity index is 709. The Balaban J connectivity index is 1.33. The van der Waals surface area contributed by atoms with E-state index in [4.69, 9.17) is 0 Å². The average molecular weight is 374 g/mol. The quantitative estimate of drug-likeness (QED) is 0.825. The van der Waals surface area contributed by atoms with Crippen molar-refractivity contribution in [3.63, 3.8) is 0 Å². The summed E-state index contributed by atoms with van der Waals surface area (Å²) < 4.78 is 0. The zero-order valence-corrected chi connectivity index (χ0v) is 16.5. The molecule has 2 aliphatic carbocycles. The van der Waals surface area contributed by atoms with E-state index in [-0.39, 0.29) is 18.0 Å². The predicted octanol–water partition coefficient (Wildman–Crippen LogP) is 1.73. The molecule has 7 heteroatoms. The molecule has 1 aromatic heterocycles. The minimum atomic E-state index is 0.0422. The van der Waals surface area contributed by atoms with E-state index < -0.39 is 0 Å². The van der Waals surface area contributed by atoms with Crippen molar-refractivity contribution in [3.8, 4) is 0 Å². The van der Waals surface area contributed by atoms with E-state index >= 15 is 0 Å². The lowest BCUT2D eigenvalue weighted by Crippen LogP contribution is -2.43. The molecule has 0 spiro atoms. The van der Waals surface area contributed by atoms with Gasteiger partial charge in [-0.05, 0) is 50.0 Å². The van der Waals surface area contributed by atoms with Crippen molar-refractivity contribution in [2.45, 2.75) is 57.4 Å². The molecule has 0 aromatic carbocycles. The fourth-order valence-electron chi connectivity index (χ4n) is 4.69. The number of aromatic amines is 1. The first-order valence-corrected chi connectivity index (χ1v) is 10.3. The van der Waals surface area contributed by atoms with Crippen molar-refractivity contribution in [2.75, 3.05) is 27.2 Å². The number of H-pyrrole nitrogens is 1. The largest absolute Gasteiger partial charge is 0.351 e. The minimum absolute atomic E-state index is 0.0422. The van der Waals surface area contributed by atoms with Crippen LogP contribution in [0.2, 0.25) is 0 Å². The molecule has 2 heterocycles. The molecule has 4 rings (SSSR count). The molecule has 0 bridgehead atoms. The van der Waals surface area contributed by atoms with Gasteiger partial charge in [-0.1, -0.05) is 0 Å². The lowest BCUT2D eigenvalue weighted by molar-refractivity contribution is -0.122. The SMILES string of the molecule is CN(C)C(=O)N1C[C@@H](NC(=O)CCc2n[nH]c3c2CCCC3)[C@H](C2CC2)C1. The first-order valence-electron chi connectivity index (χ1n) is 10.3. The fourth-order valence-corrected chi connectivity index (χ4v) is 4.69. The van der Waals surface area contributed by atoms with E-state index in [0.29, 0.717) is 31.2 Å². The molecule has 3 aliphatic rings. The van der Waals surface area contributed by atoms with Crippen LogP contribution in [0.3, 0.4) is 0 Å². The van der Waals surface area contributed by atoms with E-state index in [0.717, 1.165) is 25.1 Å². The first-order chi connectivity index (χ1) is 13.0. The summed E-state index contributed by atoms with van der Waals surface area (Å²) in [5, 5.41) is 10.8. The zero-order chi connectivity index (χ0) is 19.0. The van der Waals surface area contributed by atoms with Crippen LogP contribution in [-0.2, 0) is 24.1 Å². The zero-order valence-electron chi connectivity index (χ0n) is 16.5. The molecule has 1 aromatic rings. The van der Waals surface area contributed by atoms with Gasteiger partial charge in [-0.2, -0.15) is 5.10 Å². The standard InChI is InChI=1S/C20H31N5O2/c1-24(2)20(27)25-11-15(13-7-8-13)18(12-25)21-19(26)10-9-17-14-5-3-4-6-16(14)22-23-17/h13,15,18H,3-12H2,1-2H3,(H,21,26)(H,22,23)/t15-,18+/m0/s1. The summed E-state index contributed by atoms with van der Waals surface area (Å²) >= 11 is 0. The van der Waals surface area contributed by atoms with E-state index in [1.54, 1.807) is 19.0 Å². The molecule has 0 unspecified atom stereocenters. The molecule has 3 amide bonds. The molecule has 27 heavy (non-hydrogen) atoms. The van der Waals surface area contributed by atoms with Crippen molar-refractivity contribution < 1.29 is 9.59 Å². The number of amides is 3. The second kappa shape index (κ2) is 7.52. The molecular weight excluding hydrogens is 342 g/mol. The maximum absolute atomic E-state index is 12.6. The van der Waals surface area contributed by atoms with Gasteiger partial charge in [0.25, 0.3) is 0 Å². The smallest absolute Gasteiger partial charge is 0.319 e. The Kier molecular flexibility index (Phi) is 5.10. The third kappa shape index (κ3) is 3.96. The number of likely N-dealkylation sites (tertiary alicyclic amines) is 1. The van der Waals surface area contributed by atoms with Crippen molar-refractivity contribution >= 4 is 11.9 Å². The third-order valence-electron chi connectivity index (χ3n) is 6.32. The van der Waals surface area contributed by atoms with Crippen LogP contribution in [0.25, 0.3) is 0 Å². The number of nitrogens with zero attached hydrogens (tertiary/aromatic N) is 3. The molecule has 1 saturated heterocycles. The molecule has 1 aliphatic heterocycles. The van der Waals surface area contributed by atoms with Gasteiger partial charge in [0, 0.05) is 51.6 Å². The van der Waals surface area contributed by atoms with Gasteiger partial charge >= 0.3 is 6.03 Å². The number of rotatable bonds is 5. The van der Waals surface area contributed by atoms with Crippen molar-refractivity contribution in [1.29, 1.82) is 0 Å². The van der Waals surface area contributed by atoms with Gasteiger partial charge in [-0.15, -0.1) is 0 Å². The molecule has 1 saturated carbocycles.